The maximum Gasteiger partial charge on any atom is 0.226 e. The maximum atomic E-state index is 10.5. The zero-order valence-corrected chi connectivity index (χ0v) is 20.2. The number of rotatable bonds is 5. The predicted octanol–water partition coefficient (Wildman–Crippen LogP) is 3.25. The predicted molar refractivity (Wildman–Crippen MR) is 134 cm³/mol. The van der Waals surface area contributed by atoms with Crippen molar-refractivity contribution in [2.45, 2.75) is 24.7 Å². The summed E-state index contributed by atoms with van der Waals surface area (Å²) in [6.45, 7) is 2.86. The molecule has 2 atom stereocenters. The number of aliphatic hydroxyl groups excluding tert-OH is 3. The van der Waals surface area contributed by atoms with E-state index in [-0.39, 0.29) is 16.5 Å². The van der Waals surface area contributed by atoms with Crippen molar-refractivity contribution in [1.29, 1.82) is 0 Å². The molecule has 1 fully saturated rings. The average Bonchev–Trinajstić information content (AvgIpc) is 3.40. The van der Waals surface area contributed by atoms with Gasteiger partial charge in [-0.3, -0.25) is 4.57 Å². The molecule has 0 amide bonds. The number of nitrogens with zero attached hydrogens (tertiary/aromatic N) is 5. The standard InChI is InChI=1S/C26H24ClN5O4/c1-15-7-9-17(10-8-15)26(16-5-3-2-4-6-16)12-31(13-26)22-19-23(30-25(27)29-22)32(14-28-19)24-21(35)20(34)18(11-33)36-24/h2-10,14,21,24,33-35H,11-13H2,1H3/t21?,24-/m1/s1. The number of anilines is 1. The van der Waals surface area contributed by atoms with Crippen LogP contribution < -0.4 is 4.90 Å². The van der Waals surface area contributed by atoms with Gasteiger partial charge in [0, 0.05) is 13.1 Å². The summed E-state index contributed by atoms with van der Waals surface area (Å²) >= 11 is 6.33. The number of aliphatic hydroxyl groups is 3. The summed E-state index contributed by atoms with van der Waals surface area (Å²) in [6, 6.07) is 19.0. The summed E-state index contributed by atoms with van der Waals surface area (Å²) in [4.78, 5) is 15.4. The highest BCUT2D eigenvalue weighted by Gasteiger charge is 2.47. The number of halogens is 1. The molecule has 1 saturated heterocycles. The quantitative estimate of drug-likeness (QED) is 0.354. The van der Waals surface area contributed by atoms with Crippen LogP contribution >= 0.6 is 11.6 Å². The molecule has 36 heavy (non-hydrogen) atoms. The van der Waals surface area contributed by atoms with E-state index >= 15 is 0 Å². The van der Waals surface area contributed by atoms with Gasteiger partial charge in [0.1, 0.15) is 12.9 Å². The number of aromatic nitrogens is 4. The third kappa shape index (κ3) is 3.42. The van der Waals surface area contributed by atoms with Gasteiger partial charge in [-0.1, -0.05) is 60.2 Å². The summed E-state index contributed by atoms with van der Waals surface area (Å²) in [5.41, 5.74) is 4.27. The Morgan fingerprint density at radius 3 is 2.42 bits per heavy atom. The van der Waals surface area contributed by atoms with E-state index in [1.165, 1.54) is 27.6 Å². The van der Waals surface area contributed by atoms with Gasteiger partial charge >= 0.3 is 0 Å². The van der Waals surface area contributed by atoms with E-state index in [2.05, 4.69) is 63.2 Å². The van der Waals surface area contributed by atoms with Crippen LogP contribution in [-0.2, 0) is 10.2 Å². The molecule has 0 bridgehead atoms. The van der Waals surface area contributed by atoms with Crippen LogP contribution in [0.2, 0.25) is 5.28 Å². The SMILES string of the molecule is Cc1ccc(C2(c3ccccc3)CN(c3nc(Cl)nc4c3ncn4[C@@H]3OC(CO)=C(O)C3O)C2)cc1. The molecule has 0 spiro atoms. The van der Waals surface area contributed by atoms with Crippen molar-refractivity contribution in [3.8, 4) is 0 Å². The van der Waals surface area contributed by atoms with E-state index < -0.39 is 24.7 Å². The Morgan fingerprint density at radius 2 is 1.75 bits per heavy atom. The van der Waals surface area contributed by atoms with Crippen LogP contribution in [0.5, 0.6) is 0 Å². The number of ether oxygens (including phenoxy) is 1. The van der Waals surface area contributed by atoms with Gasteiger partial charge in [-0.05, 0) is 29.7 Å². The molecule has 2 aromatic heterocycles. The zero-order valence-electron chi connectivity index (χ0n) is 19.4. The van der Waals surface area contributed by atoms with Gasteiger partial charge in [-0.2, -0.15) is 9.97 Å². The van der Waals surface area contributed by atoms with Gasteiger partial charge in [-0.25, -0.2) is 4.98 Å². The van der Waals surface area contributed by atoms with Gasteiger partial charge < -0.3 is 25.0 Å². The fourth-order valence-corrected chi connectivity index (χ4v) is 5.26. The van der Waals surface area contributed by atoms with E-state index in [0.717, 1.165) is 0 Å². The summed E-state index contributed by atoms with van der Waals surface area (Å²) in [6.07, 6.45) is -0.952. The highest BCUT2D eigenvalue weighted by molar-refractivity contribution is 6.28. The Labute approximate surface area is 211 Å². The molecule has 10 heteroatoms. The number of fused-ring (bicyclic) bond motifs is 1. The first kappa shape index (κ1) is 22.8. The minimum atomic E-state index is -1.38. The highest BCUT2D eigenvalue weighted by atomic mass is 35.5. The Bertz CT molecular complexity index is 1470. The molecular weight excluding hydrogens is 482 g/mol. The van der Waals surface area contributed by atoms with Gasteiger partial charge in [0.05, 0.1) is 5.41 Å². The first-order valence-electron chi connectivity index (χ1n) is 11.6. The first-order valence-corrected chi connectivity index (χ1v) is 11.9. The van der Waals surface area contributed by atoms with E-state index in [4.69, 9.17) is 16.3 Å². The monoisotopic (exact) mass is 505 g/mol. The largest absolute Gasteiger partial charge is 0.506 e. The molecule has 9 nitrogen and oxygen atoms in total. The molecule has 0 radical (unpaired) electrons. The molecule has 4 aromatic rings. The van der Waals surface area contributed by atoms with Gasteiger partial charge in [0.2, 0.25) is 11.5 Å². The third-order valence-electron chi connectivity index (χ3n) is 7.04. The normalized spacial score (nSPS) is 21.1. The van der Waals surface area contributed by atoms with Gasteiger partial charge in [-0.15, -0.1) is 0 Å². The number of imidazole rings is 1. The lowest BCUT2D eigenvalue weighted by Crippen LogP contribution is -2.60. The Kier molecular flexibility index (Phi) is 5.36. The minimum Gasteiger partial charge on any atom is -0.506 e. The Morgan fingerprint density at radius 1 is 1.06 bits per heavy atom. The lowest BCUT2D eigenvalue weighted by molar-refractivity contribution is -0.0119. The molecule has 2 aromatic carbocycles. The zero-order chi connectivity index (χ0) is 25.0. The first-order chi connectivity index (χ1) is 17.4. The lowest BCUT2D eigenvalue weighted by atomic mass is 9.68. The number of benzene rings is 2. The average molecular weight is 506 g/mol. The molecular formula is C26H24ClN5O4. The van der Waals surface area contributed by atoms with E-state index in [1.807, 2.05) is 18.2 Å². The van der Waals surface area contributed by atoms with Gasteiger partial charge in [0.25, 0.3) is 0 Å². The summed E-state index contributed by atoms with van der Waals surface area (Å²) in [7, 11) is 0. The van der Waals surface area contributed by atoms with Crippen molar-refractivity contribution in [3.63, 3.8) is 0 Å². The van der Waals surface area contributed by atoms with Gasteiger partial charge in [0.15, 0.2) is 34.6 Å². The van der Waals surface area contributed by atoms with Crippen LogP contribution in [0.3, 0.4) is 0 Å². The third-order valence-corrected chi connectivity index (χ3v) is 7.21. The molecule has 1 unspecified atom stereocenters. The second kappa shape index (κ2) is 8.48. The fraction of sp³-hybridized carbons (Fsp3) is 0.269. The Hall–Kier alpha value is -3.66. The molecule has 4 heterocycles. The van der Waals surface area contributed by atoms with E-state index in [9.17, 15) is 15.3 Å². The second-order valence-electron chi connectivity index (χ2n) is 9.23. The number of hydrogen-bond donors (Lipinski definition) is 3. The minimum absolute atomic E-state index is 0.0267. The summed E-state index contributed by atoms with van der Waals surface area (Å²) in [5.74, 6) is 0.0656. The van der Waals surface area contributed by atoms with Crippen molar-refractivity contribution >= 4 is 28.6 Å². The van der Waals surface area contributed by atoms with Crippen LogP contribution in [0.1, 0.15) is 22.9 Å². The smallest absolute Gasteiger partial charge is 0.226 e. The van der Waals surface area contributed by atoms with Crippen molar-refractivity contribution in [2.24, 2.45) is 0 Å². The van der Waals surface area contributed by atoms with Crippen molar-refractivity contribution < 1.29 is 20.1 Å². The maximum absolute atomic E-state index is 10.5. The number of aryl methyl sites for hydroxylation is 1. The van der Waals surface area contributed by atoms with E-state index in [0.29, 0.717) is 30.1 Å². The molecule has 3 N–H and O–H groups in total. The van der Waals surface area contributed by atoms with Crippen molar-refractivity contribution in [1.82, 2.24) is 19.5 Å². The second-order valence-corrected chi connectivity index (χ2v) is 9.57. The van der Waals surface area contributed by atoms with Crippen molar-refractivity contribution in [2.75, 3.05) is 24.6 Å². The topological polar surface area (TPSA) is 117 Å². The van der Waals surface area contributed by atoms with Crippen LogP contribution in [-0.4, -0.2) is 60.6 Å². The summed E-state index contributed by atoms with van der Waals surface area (Å²) in [5, 5.41) is 30.0. The highest BCUT2D eigenvalue weighted by Crippen LogP contribution is 2.44. The molecule has 184 valence electrons. The molecule has 0 saturated carbocycles. The van der Waals surface area contributed by atoms with Crippen LogP contribution in [0.25, 0.3) is 11.2 Å². The van der Waals surface area contributed by atoms with Crippen LogP contribution in [0.15, 0.2) is 72.4 Å². The van der Waals surface area contributed by atoms with Crippen LogP contribution in [0, 0.1) is 6.92 Å². The summed E-state index contributed by atoms with van der Waals surface area (Å²) < 4.78 is 7.05. The molecule has 2 aliphatic heterocycles. The lowest BCUT2D eigenvalue weighted by Gasteiger charge is -2.51. The van der Waals surface area contributed by atoms with Crippen molar-refractivity contribution in [3.05, 3.63) is 94.4 Å². The fourth-order valence-electron chi connectivity index (χ4n) is 5.10. The molecule has 6 rings (SSSR count). The molecule has 2 aliphatic rings. The number of hydrogen-bond acceptors (Lipinski definition) is 8. The molecule has 0 aliphatic carbocycles. The Balaban J connectivity index is 1.38. The van der Waals surface area contributed by atoms with Crippen LogP contribution in [0.4, 0.5) is 5.82 Å². The van der Waals surface area contributed by atoms with E-state index in [1.54, 1.807) is 0 Å².